The van der Waals surface area contributed by atoms with Crippen LogP contribution in [0.5, 0.6) is 0 Å². The van der Waals surface area contributed by atoms with E-state index in [2.05, 4.69) is 40.5 Å². The quantitative estimate of drug-likeness (QED) is 0.903. The van der Waals surface area contributed by atoms with Gasteiger partial charge in [-0.3, -0.25) is 4.90 Å². The molecule has 2 unspecified atom stereocenters. The molecule has 0 aliphatic carbocycles. The lowest BCUT2D eigenvalue weighted by atomic mass is 9.88. The monoisotopic (exact) mass is 302 g/mol. The predicted molar refractivity (Wildman–Crippen MR) is 85.3 cm³/mol. The topological polar surface area (TPSA) is 15.3 Å². The van der Waals surface area contributed by atoms with E-state index in [1.807, 2.05) is 0 Å². The molecule has 2 aliphatic heterocycles. The van der Waals surface area contributed by atoms with Crippen molar-refractivity contribution in [2.24, 2.45) is 11.8 Å². The van der Waals surface area contributed by atoms with Crippen molar-refractivity contribution in [1.82, 2.24) is 10.2 Å². The van der Waals surface area contributed by atoms with Gasteiger partial charge in [-0.1, -0.05) is 30.3 Å². The standard InChI is InChI=1S/C15H22N2.2ClH/c1-2-4-13(5-3-1)10-17-11-14-6-7-16-9-15(8-14)12-17;;/h1-5,14-16H,6-12H2;2*1H. The average Bonchev–Trinajstić information content (AvgIpc) is 2.51. The van der Waals surface area contributed by atoms with Gasteiger partial charge in [-0.25, -0.2) is 0 Å². The minimum Gasteiger partial charge on any atom is -0.316 e. The van der Waals surface area contributed by atoms with Crippen molar-refractivity contribution in [3.05, 3.63) is 35.9 Å². The minimum atomic E-state index is 0. The highest BCUT2D eigenvalue weighted by molar-refractivity contribution is 5.85. The molecule has 2 atom stereocenters. The fourth-order valence-electron chi connectivity index (χ4n) is 3.37. The van der Waals surface area contributed by atoms with E-state index in [0.717, 1.165) is 18.4 Å². The van der Waals surface area contributed by atoms with Crippen LogP contribution in [0.3, 0.4) is 0 Å². The molecule has 2 nitrogen and oxygen atoms in total. The SMILES string of the molecule is Cl.Cl.c1ccc(CN2CC3CCNCC(C3)C2)cc1. The summed E-state index contributed by atoms with van der Waals surface area (Å²) in [6.45, 7) is 6.15. The van der Waals surface area contributed by atoms with Gasteiger partial charge in [0.2, 0.25) is 0 Å². The average molecular weight is 303 g/mol. The van der Waals surface area contributed by atoms with Crippen molar-refractivity contribution in [2.75, 3.05) is 26.2 Å². The Morgan fingerprint density at radius 1 is 1.05 bits per heavy atom. The van der Waals surface area contributed by atoms with E-state index < -0.39 is 0 Å². The van der Waals surface area contributed by atoms with Crippen LogP contribution < -0.4 is 5.32 Å². The first kappa shape index (κ1) is 16.8. The van der Waals surface area contributed by atoms with Crippen molar-refractivity contribution in [3.63, 3.8) is 0 Å². The summed E-state index contributed by atoms with van der Waals surface area (Å²) in [7, 11) is 0. The van der Waals surface area contributed by atoms with E-state index in [1.54, 1.807) is 0 Å². The first-order chi connectivity index (χ1) is 8.40. The summed E-state index contributed by atoms with van der Waals surface area (Å²) >= 11 is 0. The first-order valence-electron chi connectivity index (χ1n) is 6.87. The molecule has 0 amide bonds. The maximum Gasteiger partial charge on any atom is 0.0233 e. The molecule has 2 bridgehead atoms. The Bertz CT molecular complexity index is 344. The van der Waals surface area contributed by atoms with Gasteiger partial charge in [-0.2, -0.15) is 0 Å². The molecule has 1 aromatic rings. The second kappa shape index (κ2) is 8.11. The summed E-state index contributed by atoms with van der Waals surface area (Å²) in [5.74, 6) is 1.80. The summed E-state index contributed by atoms with van der Waals surface area (Å²) < 4.78 is 0. The Labute approximate surface area is 128 Å². The number of nitrogens with zero attached hydrogens (tertiary/aromatic N) is 1. The molecule has 0 radical (unpaired) electrons. The van der Waals surface area contributed by atoms with Crippen molar-refractivity contribution >= 4 is 24.8 Å². The third-order valence-electron chi connectivity index (χ3n) is 4.11. The van der Waals surface area contributed by atoms with Gasteiger partial charge in [0.15, 0.2) is 0 Å². The van der Waals surface area contributed by atoms with Crippen LogP contribution in [-0.2, 0) is 6.54 Å². The number of likely N-dealkylation sites (tertiary alicyclic amines) is 1. The number of rotatable bonds is 2. The van der Waals surface area contributed by atoms with Gasteiger partial charge in [0, 0.05) is 19.6 Å². The summed E-state index contributed by atoms with van der Waals surface area (Å²) in [4.78, 5) is 2.65. The van der Waals surface area contributed by atoms with E-state index in [0.29, 0.717) is 0 Å². The highest BCUT2D eigenvalue weighted by Crippen LogP contribution is 2.26. The van der Waals surface area contributed by atoms with Crippen LogP contribution in [0.25, 0.3) is 0 Å². The van der Waals surface area contributed by atoms with E-state index in [4.69, 9.17) is 0 Å². The fourth-order valence-corrected chi connectivity index (χ4v) is 3.37. The maximum atomic E-state index is 3.58. The van der Waals surface area contributed by atoms with Crippen LogP contribution in [0.4, 0.5) is 0 Å². The predicted octanol–water partition coefficient (Wildman–Crippen LogP) is 2.96. The summed E-state index contributed by atoms with van der Waals surface area (Å²) in [5.41, 5.74) is 1.46. The molecule has 2 aliphatic rings. The van der Waals surface area contributed by atoms with Crippen LogP contribution >= 0.6 is 24.8 Å². The Morgan fingerprint density at radius 3 is 2.58 bits per heavy atom. The van der Waals surface area contributed by atoms with E-state index >= 15 is 0 Å². The Kier molecular flexibility index (Phi) is 7.16. The van der Waals surface area contributed by atoms with Gasteiger partial charge in [0.1, 0.15) is 0 Å². The van der Waals surface area contributed by atoms with Crippen LogP contribution in [0.2, 0.25) is 0 Å². The number of halogens is 2. The van der Waals surface area contributed by atoms with Gasteiger partial charge in [0.25, 0.3) is 0 Å². The Balaban J connectivity index is 0.000000902. The molecule has 4 heteroatoms. The van der Waals surface area contributed by atoms with Gasteiger partial charge in [-0.15, -0.1) is 24.8 Å². The lowest BCUT2D eigenvalue weighted by molar-refractivity contribution is 0.126. The molecule has 1 aromatic carbocycles. The fraction of sp³-hybridized carbons (Fsp3) is 0.600. The van der Waals surface area contributed by atoms with Crippen molar-refractivity contribution in [2.45, 2.75) is 19.4 Å². The molecular weight excluding hydrogens is 279 g/mol. The lowest BCUT2D eigenvalue weighted by Crippen LogP contribution is -2.40. The molecule has 108 valence electrons. The van der Waals surface area contributed by atoms with Crippen LogP contribution in [0.15, 0.2) is 30.3 Å². The first-order valence-corrected chi connectivity index (χ1v) is 6.87. The highest BCUT2D eigenvalue weighted by atomic mass is 35.5. The number of piperidine rings is 1. The molecule has 2 saturated heterocycles. The molecule has 3 rings (SSSR count). The third-order valence-corrected chi connectivity index (χ3v) is 4.11. The molecule has 0 spiro atoms. The van der Waals surface area contributed by atoms with Crippen LogP contribution in [-0.4, -0.2) is 31.1 Å². The number of hydrogen-bond donors (Lipinski definition) is 1. The van der Waals surface area contributed by atoms with Gasteiger partial charge in [0.05, 0.1) is 0 Å². The van der Waals surface area contributed by atoms with Crippen molar-refractivity contribution in [3.8, 4) is 0 Å². The molecule has 0 aromatic heterocycles. The normalized spacial score (nSPS) is 26.7. The van der Waals surface area contributed by atoms with E-state index in [1.165, 1.54) is 44.6 Å². The minimum absolute atomic E-state index is 0. The van der Waals surface area contributed by atoms with Gasteiger partial charge >= 0.3 is 0 Å². The second-order valence-electron chi connectivity index (χ2n) is 5.64. The number of fused-ring (bicyclic) bond motifs is 2. The summed E-state index contributed by atoms with van der Waals surface area (Å²) in [5, 5.41) is 3.58. The maximum absolute atomic E-state index is 3.58. The van der Waals surface area contributed by atoms with Gasteiger partial charge < -0.3 is 5.32 Å². The smallest absolute Gasteiger partial charge is 0.0233 e. The molecule has 2 fully saturated rings. The summed E-state index contributed by atoms with van der Waals surface area (Å²) in [6.07, 6.45) is 2.81. The molecule has 19 heavy (non-hydrogen) atoms. The Hall–Kier alpha value is -0.280. The number of benzene rings is 1. The van der Waals surface area contributed by atoms with Crippen LogP contribution in [0, 0.1) is 11.8 Å². The second-order valence-corrected chi connectivity index (χ2v) is 5.64. The number of hydrogen-bond acceptors (Lipinski definition) is 2. The molecular formula is C15H24Cl2N2. The van der Waals surface area contributed by atoms with E-state index in [9.17, 15) is 0 Å². The third kappa shape index (κ3) is 4.64. The van der Waals surface area contributed by atoms with Crippen molar-refractivity contribution < 1.29 is 0 Å². The highest BCUT2D eigenvalue weighted by Gasteiger charge is 2.28. The molecule has 0 saturated carbocycles. The summed E-state index contributed by atoms with van der Waals surface area (Å²) in [6, 6.07) is 10.9. The van der Waals surface area contributed by atoms with Gasteiger partial charge in [-0.05, 0) is 43.3 Å². The molecule has 2 heterocycles. The Morgan fingerprint density at radius 2 is 1.79 bits per heavy atom. The zero-order chi connectivity index (χ0) is 11.5. The zero-order valence-corrected chi connectivity index (χ0v) is 12.9. The zero-order valence-electron chi connectivity index (χ0n) is 11.3. The lowest BCUT2D eigenvalue weighted by Gasteiger charge is -2.36. The van der Waals surface area contributed by atoms with E-state index in [-0.39, 0.29) is 24.8 Å². The largest absolute Gasteiger partial charge is 0.316 e. The van der Waals surface area contributed by atoms with Crippen LogP contribution in [0.1, 0.15) is 18.4 Å². The van der Waals surface area contributed by atoms with Crippen molar-refractivity contribution in [1.29, 1.82) is 0 Å². The molecule has 1 N–H and O–H groups in total. The number of nitrogens with one attached hydrogen (secondary N) is 1.